The van der Waals surface area contributed by atoms with E-state index >= 15 is 0 Å². The lowest BCUT2D eigenvalue weighted by Crippen LogP contribution is -2.30. The highest BCUT2D eigenvalue weighted by atomic mass is 32.1. The van der Waals surface area contributed by atoms with Crippen LogP contribution in [0.2, 0.25) is 0 Å². The van der Waals surface area contributed by atoms with Gasteiger partial charge in [-0.2, -0.15) is 0 Å². The number of likely N-dealkylation sites (tertiary alicyclic amines) is 1. The van der Waals surface area contributed by atoms with Crippen LogP contribution >= 0.6 is 22.7 Å². The third-order valence-electron chi connectivity index (χ3n) is 4.46. The van der Waals surface area contributed by atoms with E-state index in [0.717, 1.165) is 6.42 Å². The molecule has 1 saturated heterocycles. The Morgan fingerprint density at radius 2 is 1.59 bits per heavy atom. The Morgan fingerprint density at radius 1 is 1.00 bits per heavy atom. The van der Waals surface area contributed by atoms with Crippen molar-refractivity contribution in [2.45, 2.75) is 39.5 Å². The molecule has 0 bridgehead atoms. The van der Waals surface area contributed by atoms with Gasteiger partial charge in [-0.05, 0) is 80.2 Å². The number of nitrogens with zero attached hydrogens (tertiary/aromatic N) is 1. The van der Waals surface area contributed by atoms with Crippen LogP contribution in [0.1, 0.15) is 46.6 Å². The zero-order valence-electron chi connectivity index (χ0n) is 13.6. The molecule has 0 atom stereocenters. The van der Waals surface area contributed by atoms with Gasteiger partial charge >= 0.3 is 0 Å². The fourth-order valence-corrected chi connectivity index (χ4v) is 5.17. The Kier molecular flexibility index (Phi) is 5.51. The molecule has 0 saturated carbocycles. The summed E-state index contributed by atoms with van der Waals surface area (Å²) in [5.41, 5.74) is 4.26. The molecular formula is C19H25NS2. The van der Waals surface area contributed by atoms with Crippen molar-refractivity contribution in [1.29, 1.82) is 0 Å². The lowest BCUT2D eigenvalue weighted by molar-refractivity contribution is 0.233. The second kappa shape index (κ2) is 7.58. The SMILES string of the molecule is Cc1ccsc1C(=CCCN1CCCCC1)c1sccc1C. The molecule has 0 aliphatic carbocycles. The van der Waals surface area contributed by atoms with Crippen LogP contribution in [-0.4, -0.2) is 24.5 Å². The number of piperidine rings is 1. The maximum absolute atomic E-state index is 2.63. The largest absolute Gasteiger partial charge is 0.303 e. The maximum atomic E-state index is 2.63. The van der Waals surface area contributed by atoms with Crippen LogP contribution < -0.4 is 0 Å². The Hall–Kier alpha value is -0.900. The van der Waals surface area contributed by atoms with Gasteiger partial charge in [0.15, 0.2) is 0 Å². The van der Waals surface area contributed by atoms with E-state index in [1.165, 1.54) is 65.4 Å². The van der Waals surface area contributed by atoms with Gasteiger partial charge in [0.2, 0.25) is 0 Å². The molecule has 0 radical (unpaired) electrons. The molecule has 0 unspecified atom stereocenters. The average Bonchev–Trinajstić information content (AvgIpc) is 3.14. The molecule has 1 aliphatic rings. The molecule has 2 aromatic rings. The van der Waals surface area contributed by atoms with Crippen molar-refractivity contribution in [3.8, 4) is 0 Å². The number of rotatable bonds is 5. The Labute approximate surface area is 142 Å². The van der Waals surface area contributed by atoms with Gasteiger partial charge in [0.1, 0.15) is 0 Å². The summed E-state index contributed by atoms with van der Waals surface area (Å²) in [6.45, 7) is 8.25. The molecule has 3 heterocycles. The molecule has 2 aromatic heterocycles. The molecule has 1 nitrogen and oxygen atoms in total. The van der Waals surface area contributed by atoms with E-state index in [9.17, 15) is 0 Å². The van der Waals surface area contributed by atoms with Gasteiger partial charge < -0.3 is 4.90 Å². The molecule has 1 aliphatic heterocycles. The topological polar surface area (TPSA) is 3.24 Å². The van der Waals surface area contributed by atoms with Crippen LogP contribution in [0, 0.1) is 13.8 Å². The van der Waals surface area contributed by atoms with Crippen LogP contribution in [-0.2, 0) is 0 Å². The van der Waals surface area contributed by atoms with E-state index in [1.807, 2.05) is 22.7 Å². The maximum Gasteiger partial charge on any atom is 0.0382 e. The minimum atomic E-state index is 1.16. The molecule has 0 aromatic carbocycles. The summed E-state index contributed by atoms with van der Waals surface area (Å²) in [5, 5.41) is 4.43. The molecule has 3 heteroatoms. The van der Waals surface area contributed by atoms with E-state index in [4.69, 9.17) is 0 Å². The summed E-state index contributed by atoms with van der Waals surface area (Å²) in [4.78, 5) is 5.52. The summed E-state index contributed by atoms with van der Waals surface area (Å²) >= 11 is 3.75. The Balaban J connectivity index is 1.78. The number of hydrogen-bond acceptors (Lipinski definition) is 3. The molecule has 0 amide bonds. The summed E-state index contributed by atoms with van der Waals surface area (Å²) in [6, 6.07) is 4.48. The summed E-state index contributed by atoms with van der Waals surface area (Å²) in [6.07, 6.45) is 7.81. The Bertz CT molecular complexity index is 587. The predicted molar refractivity (Wildman–Crippen MR) is 100 cm³/mol. The van der Waals surface area contributed by atoms with E-state index in [1.54, 1.807) is 0 Å². The molecule has 22 heavy (non-hydrogen) atoms. The van der Waals surface area contributed by atoms with Crippen LogP contribution in [0.4, 0.5) is 0 Å². The quantitative estimate of drug-likeness (QED) is 0.676. The first-order valence-corrected chi connectivity index (χ1v) is 10.0. The molecular weight excluding hydrogens is 306 g/mol. The molecule has 0 N–H and O–H groups in total. The lowest BCUT2D eigenvalue weighted by atomic mass is 10.0. The molecule has 1 fully saturated rings. The van der Waals surface area contributed by atoms with Gasteiger partial charge in [-0.25, -0.2) is 0 Å². The normalized spacial score (nSPS) is 15.9. The number of thiophene rings is 2. The first-order chi connectivity index (χ1) is 10.8. The van der Waals surface area contributed by atoms with Gasteiger partial charge in [-0.1, -0.05) is 12.5 Å². The highest BCUT2D eigenvalue weighted by molar-refractivity contribution is 7.14. The van der Waals surface area contributed by atoms with Crippen LogP contribution in [0.5, 0.6) is 0 Å². The van der Waals surface area contributed by atoms with Gasteiger partial charge in [0.05, 0.1) is 0 Å². The summed E-state index contributed by atoms with van der Waals surface area (Å²) in [7, 11) is 0. The Morgan fingerprint density at radius 3 is 2.09 bits per heavy atom. The summed E-state index contributed by atoms with van der Waals surface area (Å²) < 4.78 is 0. The fraction of sp³-hybridized carbons (Fsp3) is 0.474. The second-order valence-corrected chi connectivity index (χ2v) is 8.01. The van der Waals surface area contributed by atoms with Gasteiger partial charge in [-0.3, -0.25) is 0 Å². The minimum Gasteiger partial charge on any atom is -0.303 e. The van der Waals surface area contributed by atoms with Crippen LogP contribution in [0.15, 0.2) is 29.0 Å². The average molecular weight is 332 g/mol. The van der Waals surface area contributed by atoms with Crippen molar-refractivity contribution in [2.75, 3.05) is 19.6 Å². The smallest absolute Gasteiger partial charge is 0.0382 e. The minimum absolute atomic E-state index is 1.16. The van der Waals surface area contributed by atoms with E-state index in [2.05, 4.69) is 47.7 Å². The van der Waals surface area contributed by atoms with E-state index < -0.39 is 0 Å². The van der Waals surface area contributed by atoms with Crippen LogP contribution in [0.25, 0.3) is 5.57 Å². The highest BCUT2D eigenvalue weighted by Gasteiger charge is 2.14. The van der Waals surface area contributed by atoms with E-state index in [0.29, 0.717) is 0 Å². The monoisotopic (exact) mass is 331 g/mol. The standard InChI is InChI=1S/C19H25NS2/c1-15-8-13-21-18(15)17(19-16(2)9-14-22-19)7-6-12-20-10-4-3-5-11-20/h7-9,13-14H,3-6,10-12H2,1-2H3. The van der Waals surface area contributed by atoms with Crippen molar-refractivity contribution in [1.82, 2.24) is 4.90 Å². The first-order valence-electron chi connectivity index (χ1n) is 8.27. The van der Waals surface area contributed by atoms with Crippen molar-refractivity contribution in [2.24, 2.45) is 0 Å². The van der Waals surface area contributed by atoms with Crippen molar-refractivity contribution >= 4 is 28.2 Å². The van der Waals surface area contributed by atoms with Crippen molar-refractivity contribution in [3.05, 3.63) is 49.9 Å². The third-order valence-corrected chi connectivity index (χ3v) is 6.56. The second-order valence-electron chi connectivity index (χ2n) is 6.17. The number of hydrogen-bond donors (Lipinski definition) is 0. The molecule has 118 valence electrons. The zero-order valence-corrected chi connectivity index (χ0v) is 15.2. The fourth-order valence-electron chi connectivity index (χ4n) is 3.16. The van der Waals surface area contributed by atoms with Gasteiger partial charge in [0, 0.05) is 21.9 Å². The van der Waals surface area contributed by atoms with Gasteiger partial charge in [-0.15, -0.1) is 22.7 Å². The summed E-state index contributed by atoms with van der Waals surface area (Å²) in [5.74, 6) is 0. The van der Waals surface area contributed by atoms with Crippen molar-refractivity contribution in [3.63, 3.8) is 0 Å². The molecule has 0 spiro atoms. The van der Waals surface area contributed by atoms with E-state index in [-0.39, 0.29) is 0 Å². The predicted octanol–water partition coefficient (Wildman–Crippen LogP) is 5.73. The third kappa shape index (κ3) is 3.70. The number of aryl methyl sites for hydroxylation is 2. The lowest BCUT2D eigenvalue weighted by Gasteiger charge is -2.25. The van der Waals surface area contributed by atoms with Gasteiger partial charge in [0.25, 0.3) is 0 Å². The van der Waals surface area contributed by atoms with Crippen molar-refractivity contribution < 1.29 is 0 Å². The van der Waals surface area contributed by atoms with Crippen LogP contribution in [0.3, 0.4) is 0 Å². The first kappa shape index (κ1) is 16.0. The zero-order chi connectivity index (χ0) is 15.4. The highest BCUT2D eigenvalue weighted by Crippen LogP contribution is 2.35. The molecule has 3 rings (SSSR count).